The van der Waals surface area contributed by atoms with Gasteiger partial charge in [0.2, 0.25) is 11.8 Å². The summed E-state index contributed by atoms with van der Waals surface area (Å²) in [6.07, 6.45) is 2.13. The molecule has 2 atom stereocenters. The van der Waals surface area contributed by atoms with Crippen LogP contribution in [-0.2, 0) is 22.4 Å². The summed E-state index contributed by atoms with van der Waals surface area (Å²) in [7, 11) is 3.20. The normalized spacial score (nSPS) is 17.3. The van der Waals surface area contributed by atoms with E-state index in [4.69, 9.17) is 9.47 Å². The fraction of sp³-hybridized carbons (Fsp3) is 0.391. The van der Waals surface area contributed by atoms with Crippen LogP contribution in [0.25, 0.3) is 0 Å². The Morgan fingerprint density at radius 1 is 1.00 bits per heavy atom. The van der Waals surface area contributed by atoms with E-state index < -0.39 is 0 Å². The van der Waals surface area contributed by atoms with Gasteiger partial charge in [0, 0.05) is 12.2 Å². The standard InChI is InChI=1S/C23H28N2O4/c1-4-16-7-5-6-8-19(16)25-23(27)18-14-17(18)22(26)24-12-11-15-9-10-20(28-2)21(13-15)29-3/h5-10,13,17-18H,4,11-12,14H2,1-3H3,(H,24,26)(H,25,27). The number of nitrogens with one attached hydrogen (secondary N) is 2. The lowest BCUT2D eigenvalue weighted by molar-refractivity contribution is -0.125. The number of hydrogen-bond acceptors (Lipinski definition) is 4. The summed E-state index contributed by atoms with van der Waals surface area (Å²) in [5, 5.41) is 5.91. The number of carbonyl (C=O) groups excluding carboxylic acids is 2. The highest BCUT2D eigenvalue weighted by atomic mass is 16.5. The van der Waals surface area contributed by atoms with Crippen molar-refractivity contribution in [2.75, 3.05) is 26.1 Å². The first-order valence-corrected chi connectivity index (χ1v) is 9.94. The lowest BCUT2D eigenvalue weighted by Gasteiger charge is -2.10. The van der Waals surface area contributed by atoms with Gasteiger partial charge >= 0.3 is 0 Å². The van der Waals surface area contributed by atoms with Crippen molar-refractivity contribution in [2.24, 2.45) is 11.8 Å². The number of rotatable bonds is 9. The van der Waals surface area contributed by atoms with Gasteiger partial charge < -0.3 is 20.1 Å². The van der Waals surface area contributed by atoms with Gasteiger partial charge in [0.1, 0.15) is 0 Å². The van der Waals surface area contributed by atoms with Crippen molar-refractivity contribution < 1.29 is 19.1 Å². The molecule has 2 amide bonds. The molecule has 6 nitrogen and oxygen atoms in total. The quantitative estimate of drug-likeness (QED) is 0.682. The molecule has 1 aliphatic rings. The lowest BCUT2D eigenvalue weighted by Crippen LogP contribution is -2.29. The maximum absolute atomic E-state index is 12.5. The first-order chi connectivity index (χ1) is 14.1. The number of methoxy groups -OCH3 is 2. The van der Waals surface area contributed by atoms with Crippen LogP contribution in [0.4, 0.5) is 5.69 Å². The van der Waals surface area contributed by atoms with Crippen LogP contribution < -0.4 is 20.1 Å². The van der Waals surface area contributed by atoms with Gasteiger partial charge in [0.05, 0.1) is 26.1 Å². The molecule has 0 spiro atoms. The first kappa shape index (κ1) is 20.7. The summed E-state index contributed by atoms with van der Waals surface area (Å²) in [4.78, 5) is 24.8. The van der Waals surface area contributed by atoms with Crippen LogP contribution in [-0.4, -0.2) is 32.6 Å². The Labute approximate surface area is 171 Å². The third-order valence-corrected chi connectivity index (χ3v) is 5.28. The van der Waals surface area contributed by atoms with Crippen molar-refractivity contribution in [3.8, 4) is 11.5 Å². The van der Waals surface area contributed by atoms with E-state index in [1.54, 1.807) is 14.2 Å². The minimum Gasteiger partial charge on any atom is -0.493 e. The van der Waals surface area contributed by atoms with E-state index in [2.05, 4.69) is 17.6 Å². The van der Waals surface area contributed by atoms with Gasteiger partial charge in [0.15, 0.2) is 11.5 Å². The molecular weight excluding hydrogens is 368 g/mol. The lowest BCUT2D eigenvalue weighted by atomic mass is 10.1. The van der Waals surface area contributed by atoms with Crippen LogP contribution in [0.1, 0.15) is 24.5 Å². The Morgan fingerprint density at radius 2 is 1.72 bits per heavy atom. The summed E-state index contributed by atoms with van der Waals surface area (Å²) in [5.41, 5.74) is 2.97. The van der Waals surface area contributed by atoms with Crippen molar-refractivity contribution in [2.45, 2.75) is 26.2 Å². The average Bonchev–Trinajstić information content (AvgIpc) is 3.55. The third-order valence-electron chi connectivity index (χ3n) is 5.28. The molecule has 2 N–H and O–H groups in total. The number of anilines is 1. The Balaban J connectivity index is 1.46. The Bertz CT molecular complexity index is 881. The smallest absolute Gasteiger partial charge is 0.228 e. The molecule has 0 bridgehead atoms. The fourth-order valence-electron chi connectivity index (χ4n) is 3.45. The topological polar surface area (TPSA) is 76.7 Å². The van der Waals surface area contributed by atoms with Crippen LogP contribution in [0.3, 0.4) is 0 Å². The maximum atomic E-state index is 12.5. The summed E-state index contributed by atoms with van der Waals surface area (Å²) in [6, 6.07) is 13.5. The molecule has 154 valence electrons. The van der Waals surface area contributed by atoms with E-state index in [1.807, 2.05) is 42.5 Å². The molecule has 1 saturated carbocycles. The summed E-state index contributed by atoms with van der Waals surface area (Å²) in [6.45, 7) is 2.56. The summed E-state index contributed by atoms with van der Waals surface area (Å²) >= 11 is 0. The second-order valence-corrected chi connectivity index (χ2v) is 7.18. The fourth-order valence-corrected chi connectivity index (χ4v) is 3.45. The van der Waals surface area contributed by atoms with Gasteiger partial charge in [-0.15, -0.1) is 0 Å². The zero-order valence-corrected chi connectivity index (χ0v) is 17.2. The van der Waals surface area contributed by atoms with Crippen molar-refractivity contribution in [1.29, 1.82) is 0 Å². The van der Waals surface area contributed by atoms with Gasteiger partial charge in [0.25, 0.3) is 0 Å². The van der Waals surface area contributed by atoms with Crippen molar-refractivity contribution in [3.05, 3.63) is 53.6 Å². The number of carbonyl (C=O) groups is 2. The second-order valence-electron chi connectivity index (χ2n) is 7.18. The molecule has 3 rings (SSSR count). The second kappa shape index (κ2) is 9.45. The van der Waals surface area contributed by atoms with Gasteiger partial charge in [-0.1, -0.05) is 31.2 Å². The van der Waals surface area contributed by atoms with Crippen molar-refractivity contribution >= 4 is 17.5 Å². The van der Waals surface area contributed by atoms with E-state index in [1.165, 1.54) is 0 Å². The molecule has 0 aromatic heterocycles. The maximum Gasteiger partial charge on any atom is 0.228 e. The zero-order valence-electron chi connectivity index (χ0n) is 17.2. The molecule has 2 unspecified atom stereocenters. The zero-order chi connectivity index (χ0) is 20.8. The molecule has 1 fully saturated rings. The number of aryl methyl sites for hydroxylation is 1. The predicted octanol–water partition coefficient (Wildman–Crippen LogP) is 3.20. The molecule has 2 aromatic carbocycles. The van der Waals surface area contributed by atoms with Crippen molar-refractivity contribution in [3.63, 3.8) is 0 Å². The van der Waals surface area contributed by atoms with Crippen LogP contribution in [0.5, 0.6) is 11.5 Å². The minimum atomic E-state index is -0.249. The molecule has 0 aliphatic heterocycles. The van der Waals surface area contributed by atoms with E-state index >= 15 is 0 Å². The first-order valence-electron chi connectivity index (χ1n) is 9.94. The van der Waals surface area contributed by atoms with Gasteiger partial charge in [-0.2, -0.15) is 0 Å². The van der Waals surface area contributed by atoms with Crippen LogP contribution in [0.2, 0.25) is 0 Å². The van der Waals surface area contributed by atoms with Gasteiger partial charge in [-0.25, -0.2) is 0 Å². The Kier molecular flexibility index (Phi) is 6.75. The highest BCUT2D eigenvalue weighted by Gasteiger charge is 2.47. The SMILES string of the molecule is CCc1ccccc1NC(=O)C1CC1C(=O)NCCc1ccc(OC)c(OC)c1. The summed E-state index contributed by atoms with van der Waals surface area (Å²) < 4.78 is 10.5. The van der Waals surface area contributed by atoms with Crippen molar-refractivity contribution in [1.82, 2.24) is 5.32 Å². The van der Waals surface area contributed by atoms with Gasteiger partial charge in [-0.3, -0.25) is 9.59 Å². The number of benzene rings is 2. The molecule has 2 aromatic rings. The van der Waals surface area contributed by atoms with Crippen LogP contribution in [0, 0.1) is 11.8 Å². The average molecular weight is 396 g/mol. The Morgan fingerprint density at radius 3 is 2.45 bits per heavy atom. The van der Waals surface area contributed by atoms with E-state index in [-0.39, 0.29) is 23.7 Å². The summed E-state index contributed by atoms with van der Waals surface area (Å²) in [5.74, 6) is 0.718. The number of hydrogen-bond donors (Lipinski definition) is 2. The number of ether oxygens (including phenoxy) is 2. The third kappa shape index (κ3) is 5.08. The van der Waals surface area contributed by atoms with Crippen LogP contribution >= 0.6 is 0 Å². The molecule has 0 saturated heterocycles. The largest absolute Gasteiger partial charge is 0.493 e. The molecule has 6 heteroatoms. The molecule has 0 radical (unpaired) electrons. The molecule has 0 heterocycles. The minimum absolute atomic E-state index is 0.0607. The molecule has 1 aliphatic carbocycles. The van der Waals surface area contributed by atoms with E-state index in [0.29, 0.717) is 30.9 Å². The predicted molar refractivity (Wildman–Crippen MR) is 112 cm³/mol. The monoisotopic (exact) mass is 396 g/mol. The molecule has 29 heavy (non-hydrogen) atoms. The van der Waals surface area contributed by atoms with Gasteiger partial charge in [-0.05, 0) is 48.6 Å². The van der Waals surface area contributed by atoms with E-state index in [9.17, 15) is 9.59 Å². The highest BCUT2D eigenvalue weighted by molar-refractivity contribution is 5.99. The highest BCUT2D eigenvalue weighted by Crippen LogP contribution is 2.39. The number of amides is 2. The number of para-hydroxylation sites is 1. The Hall–Kier alpha value is -3.02. The van der Waals surface area contributed by atoms with E-state index in [0.717, 1.165) is 23.2 Å². The molecular formula is C23H28N2O4. The van der Waals surface area contributed by atoms with Crippen LogP contribution in [0.15, 0.2) is 42.5 Å².